The molecule has 0 atom stereocenters. The van der Waals surface area contributed by atoms with Crippen molar-refractivity contribution in [2.45, 2.75) is 13.2 Å². The molecule has 1 aromatic heterocycles. The van der Waals surface area contributed by atoms with Gasteiger partial charge < -0.3 is 10.0 Å². The number of aliphatic hydroxyl groups excluding tert-OH is 1. The van der Waals surface area contributed by atoms with Gasteiger partial charge in [0.15, 0.2) is 0 Å². The molecule has 0 spiro atoms. The highest BCUT2D eigenvalue weighted by molar-refractivity contribution is 7.09. The second kappa shape index (κ2) is 5.54. The van der Waals surface area contributed by atoms with E-state index in [4.69, 9.17) is 16.7 Å². The minimum atomic E-state index is 0.0225. The Morgan fingerprint density at radius 1 is 1.35 bits per heavy atom. The summed E-state index contributed by atoms with van der Waals surface area (Å²) in [4.78, 5) is 3.41. The highest BCUT2D eigenvalue weighted by Crippen LogP contribution is 2.27. The second-order valence-corrected chi connectivity index (χ2v) is 5.32. The fourth-order valence-electron chi connectivity index (χ4n) is 1.68. The first-order valence-electron chi connectivity index (χ1n) is 5.33. The molecule has 1 heterocycles. The van der Waals surface area contributed by atoms with E-state index in [1.165, 1.54) is 4.88 Å². The summed E-state index contributed by atoms with van der Waals surface area (Å²) in [5, 5.41) is 11.8. The molecule has 0 unspecified atom stereocenters. The standard InChI is InChI=1S/C13H14ClNOS/c1-15(8-11-3-2-6-17-11)13-5-4-10(9-16)7-12(13)14/h2-7,16H,8-9H2,1H3. The van der Waals surface area contributed by atoms with Crippen molar-refractivity contribution >= 4 is 28.6 Å². The van der Waals surface area contributed by atoms with Crippen LogP contribution < -0.4 is 4.90 Å². The van der Waals surface area contributed by atoms with E-state index in [0.717, 1.165) is 17.8 Å². The third-order valence-electron chi connectivity index (χ3n) is 2.58. The molecule has 0 radical (unpaired) electrons. The molecule has 2 nitrogen and oxygen atoms in total. The maximum atomic E-state index is 9.03. The van der Waals surface area contributed by atoms with Crippen molar-refractivity contribution in [3.63, 3.8) is 0 Å². The quantitative estimate of drug-likeness (QED) is 0.916. The highest BCUT2D eigenvalue weighted by atomic mass is 35.5. The maximum Gasteiger partial charge on any atom is 0.0682 e. The van der Waals surface area contributed by atoms with Crippen LogP contribution in [0.1, 0.15) is 10.4 Å². The molecular weight excluding hydrogens is 254 g/mol. The molecule has 0 bridgehead atoms. The fourth-order valence-corrected chi connectivity index (χ4v) is 2.78. The van der Waals surface area contributed by atoms with E-state index >= 15 is 0 Å². The third kappa shape index (κ3) is 3.00. The van der Waals surface area contributed by atoms with Crippen molar-refractivity contribution in [3.05, 3.63) is 51.2 Å². The third-order valence-corrected chi connectivity index (χ3v) is 3.74. The Hall–Kier alpha value is -1.03. The van der Waals surface area contributed by atoms with E-state index in [1.54, 1.807) is 11.3 Å². The van der Waals surface area contributed by atoms with Crippen molar-refractivity contribution in [1.82, 2.24) is 0 Å². The normalized spacial score (nSPS) is 10.5. The van der Waals surface area contributed by atoms with E-state index in [9.17, 15) is 0 Å². The first kappa shape index (κ1) is 12.4. The lowest BCUT2D eigenvalue weighted by Gasteiger charge is -2.20. The summed E-state index contributed by atoms with van der Waals surface area (Å²) in [6.07, 6.45) is 0. The summed E-state index contributed by atoms with van der Waals surface area (Å²) in [6.45, 7) is 0.866. The van der Waals surface area contributed by atoms with E-state index in [0.29, 0.717) is 5.02 Å². The van der Waals surface area contributed by atoms with E-state index in [-0.39, 0.29) is 6.61 Å². The molecule has 0 fully saturated rings. The first-order valence-corrected chi connectivity index (χ1v) is 6.59. The zero-order chi connectivity index (χ0) is 12.3. The summed E-state index contributed by atoms with van der Waals surface area (Å²) in [5.41, 5.74) is 1.82. The van der Waals surface area contributed by atoms with Crippen molar-refractivity contribution in [2.75, 3.05) is 11.9 Å². The van der Waals surface area contributed by atoms with E-state index in [1.807, 2.05) is 31.3 Å². The Labute approximate surface area is 110 Å². The van der Waals surface area contributed by atoms with E-state index in [2.05, 4.69) is 16.3 Å². The molecule has 1 aromatic carbocycles. The number of hydrogen-bond acceptors (Lipinski definition) is 3. The van der Waals surface area contributed by atoms with Gasteiger partial charge in [0.25, 0.3) is 0 Å². The maximum absolute atomic E-state index is 9.03. The Balaban J connectivity index is 2.16. The van der Waals surface area contributed by atoms with Gasteiger partial charge in [-0.1, -0.05) is 23.7 Å². The summed E-state index contributed by atoms with van der Waals surface area (Å²) in [7, 11) is 2.01. The van der Waals surface area contributed by atoms with Gasteiger partial charge in [0.05, 0.1) is 23.9 Å². The zero-order valence-corrected chi connectivity index (χ0v) is 11.1. The van der Waals surface area contributed by atoms with Crippen LogP contribution in [0, 0.1) is 0 Å². The predicted molar refractivity (Wildman–Crippen MR) is 73.8 cm³/mol. The molecule has 90 valence electrons. The molecule has 17 heavy (non-hydrogen) atoms. The number of anilines is 1. The molecule has 0 aliphatic rings. The van der Waals surface area contributed by atoms with E-state index < -0.39 is 0 Å². The van der Waals surface area contributed by atoms with Crippen LogP contribution in [0.5, 0.6) is 0 Å². The molecule has 4 heteroatoms. The van der Waals surface area contributed by atoms with Gasteiger partial charge in [-0.05, 0) is 29.1 Å². The minimum Gasteiger partial charge on any atom is -0.392 e. The van der Waals surface area contributed by atoms with Gasteiger partial charge in [0.1, 0.15) is 0 Å². The van der Waals surface area contributed by atoms with Crippen LogP contribution in [0.15, 0.2) is 35.7 Å². The van der Waals surface area contributed by atoms with Gasteiger partial charge in [-0.2, -0.15) is 0 Å². The minimum absolute atomic E-state index is 0.0225. The Morgan fingerprint density at radius 2 is 2.18 bits per heavy atom. The Kier molecular flexibility index (Phi) is 4.05. The average Bonchev–Trinajstić information content (AvgIpc) is 2.81. The van der Waals surface area contributed by atoms with Gasteiger partial charge in [0.2, 0.25) is 0 Å². The van der Waals surface area contributed by atoms with Crippen molar-refractivity contribution in [2.24, 2.45) is 0 Å². The molecule has 0 aliphatic heterocycles. The number of aliphatic hydroxyl groups is 1. The summed E-state index contributed by atoms with van der Waals surface area (Å²) >= 11 is 7.93. The molecular formula is C13H14ClNOS. The molecule has 2 aromatic rings. The number of halogens is 1. The molecule has 0 amide bonds. The topological polar surface area (TPSA) is 23.5 Å². The highest BCUT2D eigenvalue weighted by Gasteiger charge is 2.07. The Morgan fingerprint density at radius 3 is 2.76 bits per heavy atom. The van der Waals surface area contributed by atoms with Crippen molar-refractivity contribution < 1.29 is 5.11 Å². The van der Waals surface area contributed by atoms with Gasteiger partial charge in [-0.3, -0.25) is 0 Å². The number of benzene rings is 1. The van der Waals surface area contributed by atoms with Gasteiger partial charge >= 0.3 is 0 Å². The van der Waals surface area contributed by atoms with Crippen LogP contribution in [-0.4, -0.2) is 12.2 Å². The van der Waals surface area contributed by atoms with Gasteiger partial charge in [0, 0.05) is 11.9 Å². The van der Waals surface area contributed by atoms with Crippen molar-refractivity contribution in [3.8, 4) is 0 Å². The number of nitrogens with zero attached hydrogens (tertiary/aromatic N) is 1. The summed E-state index contributed by atoms with van der Waals surface area (Å²) < 4.78 is 0. The number of thiophene rings is 1. The Bertz CT molecular complexity index is 484. The first-order chi connectivity index (χ1) is 8.20. The molecule has 0 saturated carbocycles. The largest absolute Gasteiger partial charge is 0.392 e. The lowest BCUT2D eigenvalue weighted by Crippen LogP contribution is -2.16. The summed E-state index contributed by atoms with van der Waals surface area (Å²) in [5.74, 6) is 0. The summed E-state index contributed by atoms with van der Waals surface area (Å²) in [6, 6.07) is 9.80. The average molecular weight is 268 g/mol. The van der Waals surface area contributed by atoms with Gasteiger partial charge in [-0.15, -0.1) is 11.3 Å². The zero-order valence-electron chi connectivity index (χ0n) is 9.56. The number of rotatable bonds is 4. The second-order valence-electron chi connectivity index (χ2n) is 3.88. The molecule has 2 rings (SSSR count). The molecule has 1 N–H and O–H groups in total. The predicted octanol–water partition coefficient (Wildman–Crippen LogP) is 3.53. The lowest BCUT2D eigenvalue weighted by molar-refractivity contribution is 0.282. The molecule has 0 aliphatic carbocycles. The van der Waals surface area contributed by atoms with Crippen LogP contribution >= 0.6 is 22.9 Å². The number of hydrogen-bond donors (Lipinski definition) is 1. The lowest BCUT2D eigenvalue weighted by atomic mass is 10.2. The van der Waals surface area contributed by atoms with Gasteiger partial charge in [-0.25, -0.2) is 0 Å². The van der Waals surface area contributed by atoms with Crippen LogP contribution in [-0.2, 0) is 13.2 Å². The SMILES string of the molecule is CN(Cc1cccs1)c1ccc(CO)cc1Cl. The van der Waals surface area contributed by atoms with Crippen molar-refractivity contribution in [1.29, 1.82) is 0 Å². The van der Waals surface area contributed by atoms with Crippen LogP contribution in [0.2, 0.25) is 5.02 Å². The van der Waals surface area contributed by atoms with Crippen LogP contribution in [0.4, 0.5) is 5.69 Å². The molecule has 0 saturated heterocycles. The van der Waals surface area contributed by atoms with Crippen LogP contribution in [0.25, 0.3) is 0 Å². The smallest absolute Gasteiger partial charge is 0.0682 e. The fraction of sp³-hybridized carbons (Fsp3) is 0.231. The van der Waals surface area contributed by atoms with Crippen LogP contribution in [0.3, 0.4) is 0 Å². The monoisotopic (exact) mass is 267 g/mol.